The van der Waals surface area contributed by atoms with Crippen molar-refractivity contribution in [1.82, 2.24) is 9.88 Å². The Labute approximate surface area is 224 Å². The zero-order chi connectivity index (χ0) is 26.2. The minimum absolute atomic E-state index is 0.0630. The van der Waals surface area contributed by atoms with Crippen LogP contribution in [0.1, 0.15) is 12.6 Å². The van der Waals surface area contributed by atoms with Gasteiger partial charge in [-0.25, -0.2) is 4.98 Å². The maximum atomic E-state index is 12.8. The van der Waals surface area contributed by atoms with E-state index in [1.165, 1.54) is 30.0 Å². The SMILES string of the molecule is COc1ccc(N2CCN(C(=O)Cc3csc(SCC(=O)Nc4cccc(NC(C)=O)c4)n3)CC2)cc1. The van der Waals surface area contributed by atoms with E-state index in [1.807, 2.05) is 34.5 Å². The quantitative estimate of drug-likeness (QED) is 0.399. The average molecular weight is 540 g/mol. The van der Waals surface area contributed by atoms with Crippen LogP contribution in [0.2, 0.25) is 0 Å². The summed E-state index contributed by atoms with van der Waals surface area (Å²) in [6.07, 6.45) is 0.252. The van der Waals surface area contributed by atoms with Crippen LogP contribution in [0, 0.1) is 0 Å². The maximum Gasteiger partial charge on any atom is 0.234 e. The zero-order valence-electron chi connectivity index (χ0n) is 20.7. The normalized spacial score (nSPS) is 13.2. The highest BCUT2D eigenvalue weighted by molar-refractivity contribution is 8.01. The largest absolute Gasteiger partial charge is 0.497 e. The molecule has 0 bridgehead atoms. The second kappa shape index (κ2) is 12.6. The predicted molar refractivity (Wildman–Crippen MR) is 148 cm³/mol. The molecule has 3 amide bonds. The third kappa shape index (κ3) is 7.70. The molecule has 0 spiro atoms. The van der Waals surface area contributed by atoms with Gasteiger partial charge in [-0.3, -0.25) is 14.4 Å². The number of nitrogens with one attached hydrogen (secondary N) is 2. The van der Waals surface area contributed by atoms with E-state index in [0.29, 0.717) is 24.5 Å². The number of piperazine rings is 1. The molecule has 2 N–H and O–H groups in total. The molecule has 4 rings (SSSR count). The number of rotatable bonds is 9. The summed E-state index contributed by atoms with van der Waals surface area (Å²) in [4.78, 5) is 45.1. The Morgan fingerprint density at radius 1 is 1.03 bits per heavy atom. The Morgan fingerprint density at radius 2 is 1.73 bits per heavy atom. The van der Waals surface area contributed by atoms with Crippen molar-refractivity contribution in [2.75, 3.05) is 54.6 Å². The summed E-state index contributed by atoms with van der Waals surface area (Å²) in [5.74, 6) is 0.736. The summed E-state index contributed by atoms with van der Waals surface area (Å²) in [6.45, 7) is 4.32. The highest BCUT2D eigenvalue weighted by Gasteiger charge is 2.22. The van der Waals surface area contributed by atoms with E-state index in [-0.39, 0.29) is 29.9 Å². The Balaban J connectivity index is 1.21. The molecule has 0 aliphatic carbocycles. The molecule has 2 aromatic carbocycles. The summed E-state index contributed by atoms with van der Waals surface area (Å²) in [5, 5.41) is 7.39. The number of benzene rings is 2. The van der Waals surface area contributed by atoms with Crippen molar-refractivity contribution in [2.24, 2.45) is 0 Å². The molecule has 37 heavy (non-hydrogen) atoms. The van der Waals surface area contributed by atoms with Gasteiger partial charge in [-0.2, -0.15) is 0 Å². The van der Waals surface area contributed by atoms with Crippen LogP contribution in [0.4, 0.5) is 17.1 Å². The number of hydrogen-bond acceptors (Lipinski definition) is 8. The van der Waals surface area contributed by atoms with Gasteiger partial charge >= 0.3 is 0 Å². The number of carbonyl (C=O) groups excluding carboxylic acids is 3. The van der Waals surface area contributed by atoms with Gasteiger partial charge in [0.05, 0.1) is 25.0 Å². The Morgan fingerprint density at radius 3 is 2.41 bits per heavy atom. The molecule has 3 aromatic rings. The number of aromatic nitrogens is 1. The first-order valence-corrected chi connectivity index (χ1v) is 13.7. The van der Waals surface area contributed by atoms with Crippen LogP contribution >= 0.6 is 23.1 Å². The molecule has 194 valence electrons. The standard InChI is InChI=1S/C26H29N5O4S2/c1-18(32)27-19-4-3-5-20(14-19)28-24(33)17-37-26-29-21(16-36-26)15-25(34)31-12-10-30(11-13-31)22-6-8-23(35-2)9-7-22/h3-9,14,16H,10-13,15,17H2,1-2H3,(H,27,32)(H,28,33). The van der Waals surface area contributed by atoms with Gasteiger partial charge < -0.3 is 25.2 Å². The van der Waals surface area contributed by atoms with Crippen molar-refractivity contribution < 1.29 is 19.1 Å². The molecule has 9 nitrogen and oxygen atoms in total. The van der Waals surface area contributed by atoms with Crippen molar-refractivity contribution in [3.05, 3.63) is 59.6 Å². The first-order chi connectivity index (χ1) is 17.9. The topological polar surface area (TPSA) is 104 Å². The molecule has 0 saturated carbocycles. The number of ether oxygens (including phenoxy) is 1. The van der Waals surface area contributed by atoms with E-state index >= 15 is 0 Å². The molecule has 1 aliphatic rings. The number of hydrogen-bond donors (Lipinski definition) is 2. The number of anilines is 3. The Kier molecular flexibility index (Phi) is 9.02. The molecular formula is C26H29N5O4S2. The summed E-state index contributed by atoms with van der Waals surface area (Å²) in [7, 11) is 1.65. The van der Waals surface area contributed by atoms with Crippen LogP contribution in [0.5, 0.6) is 5.75 Å². The number of methoxy groups -OCH3 is 1. The average Bonchev–Trinajstić information content (AvgIpc) is 3.34. The number of thioether (sulfide) groups is 1. The molecule has 0 atom stereocenters. The minimum Gasteiger partial charge on any atom is -0.497 e. The van der Waals surface area contributed by atoms with Gasteiger partial charge in [0.1, 0.15) is 5.75 Å². The predicted octanol–water partition coefficient (Wildman–Crippen LogP) is 3.73. The lowest BCUT2D eigenvalue weighted by atomic mass is 10.2. The fraction of sp³-hybridized carbons (Fsp3) is 0.308. The Hall–Kier alpha value is -3.57. The van der Waals surface area contributed by atoms with Crippen LogP contribution in [-0.4, -0.2) is 66.6 Å². The smallest absolute Gasteiger partial charge is 0.234 e. The molecule has 1 aromatic heterocycles. The van der Waals surface area contributed by atoms with Crippen molar-refractivity contribution in [3.63, 3.8) is 0 Å². The lowest BCUT2D eigenvalue weighted by Crippen LogP contribution is -2.49. The third-order valence-corrected chi connectivity index (χ3v) is 7.80. The van der Waals surface area contributed by atoms with Crippen molar-refractivity contribution in [1.29, 1.82) is 0 Å². The highest BCUT2D eigenvalue weighted by atomic mass is 32.2. The molecule has 0 unspecified atom stereocenters. The van der Waals surface area contributed by atoms with Crippen LogP contribution < -0.4 is 20.3 Å². The lowest BCUT2D eigenvalue weighted by Gasteiger charge is -2.36. The van der Waals surface area contributed by atoms with Gasteiger partial charge in [-0.15, -0.1) is 11.3 Å². The molecule has 1 fully saturated rings. The lowest BCUT2D eigenvalue weighted by molar-refractivity contribution is -0.130. The summed E-state index contributed by atoms with van der Waals surface area (Å²) < 4.78 is 5.96. The van der Waals surface area contributed by atoms with Crippen LogP contribution in [0.25, 0.3) is 0 Å². The number of nitrogens with zero attached hydrogens (tertiary/aromatic N) is 3. The van der Waals surface area contributed by atoms with Gasteiger partial charge in [-0.1, -0.05) is 17.8 Å². The fourth-order valence-electron chi connectivity index (χ4n) is 3.91. The molecule has 1 saturated heterocycles. The second-order valence-corrected chi connectivity index (χ2v) is 10.5. The number of carbonyl (C=O) groups is 3. The third-order valence-electron chi connectivity index (χ3n) is 5.73. The summed E-state index contributed by atoms with van der Waals surface area (Å²) >= 11 is 2.76. The number of amides is 3. The monoisotopic (exact) mass is 539 g/mol. The zero-order valence-corrected chi connectivity index (χ0v) is 22.4. The van der Waals surface area contributed by atoms with Gasteiger partial charge in [0.25, 0.3) is 0 Å². The van der Waals surface area contributed by atoms with Gasteiger partial charge in [0.15, 0.2) is 4.34 Å². The first kappa shape index (κ1) is 26.5. The minimum atomic E-state index is -0.174. The van der Waals surface area contributed by atoms with Crippen LogP contribution in [-0.2, 0) is 20.8 Å². The maximum absolute atomic E-state index is 12.8. The molecular weight excluding hydrogens is 510 g/mol. The Bertz CT molecular complexity index is 1240. The first-order valence-electron chi connectivity index (χ1n) is 11.8. The summed E-state index contributed by atoms with van der Waals surface area (Å²) in [5.41, 5.74) is 3.07. The molecule has 0 radical (unpaired) electrons. The van der Waals surface area contributed by atoms with E-state index in [0.717, 1.165) is 34.6 Å². The molecule has 2 heterocycles. The molecule has 1 aliphatic heterocycles. The van der Waals surface area contributed by atoms with Gasteiger partial charge in [0.2, 0.25) is 17.7 Å². The number of thiazole rings is 1. The van der Waals surface area contributed by atoms with Crippen LogP contribution in [0.15, 0.2) is 58.3 Å². The van der Waals surface area contributed by atoms with E-state index in [2.05, 4.69) is 20.5 Å². The van der Waals surface area contributed by atoms with E-state index in [9.17, 15) is 14.4 Å². The van der Waals surface area contributed by atoms with Crippen molar-refractivity contribution in [2.45, 2.75) is 17.7 Å². The van der Waals surface area contributed by atoms with Crippen molar-refractivity contribution in [3.8, 4) is 5.75 Å². The highest BCUT2D eigenvalue weighted by Crippen LogP contribution is 2.24. The van der Waals surface area contributed by atoms with Crippen molar-refractivity contribution >= 4 is 57.9 Å². The van der Waals surface area contributed by atoms with E-state index in [4.69, 9.17) is 4.74 Å². The van der Waals surface area contributed by atoms with Gasteiger partial charge in [0, 0.05) is 55.5 Å². The molecule has 11 heteroatoms. The summed E-state index contributed by atoms with van der Waals surface area (Å²) in [6, 6.07) is 14.9. The second-order valence-electron chi connectivity index (χ2n) is 8.45. The van der Waals surface area contributed by atoms with Crippen LogP contribution in [0.3, 0.4) is 0 Å². The van der Waals surface area contributed by atoms with E-state index in [1.54, 1.807) is 31.4 Å². The van der Waals surface area contributed by atoms with E-state index < -0.39 is 0 Å². The van der Waals surface area contributed by atoms with Gasteiger partial charge in [-0.05, 0) is 42.5 Å². The fourth-order valence-corrected chi connectivity index (χ4v) is 5.56.